The van der Waals surface area contributed by atoms with Crippen molar-refractivity contribution < 1.29 is 43.0 Å². The summed E-state index contributed by atoms with van der Waals surface area (Å²) < 4.78 is 23.2. The van der Waals surface area contributed by atoms with E-state index in [1.54, 1.807) is 48.2 Å². The molecule has 0 aliphatic carbocycles. The van der Waals surface area contributed by atoms with E-state index in [4.69, 9.17) is 35.4 Å². The lowest BCUT2D eigenvalue weighted by Crippen LogP contribution is -2.43. The first-order chi connectivity index (χ1) is 33.4. The van der Waals surface area contributed by atoms with Gasteiger partial charge in [-0.3, -0.25) is 19.2 Å². The van der Waals surface area contributed by atoms with Gasteiger partial charge in [-0.25, -0.2) is 4.98 Å². The van der Waals surface area contributed by atoms with Crippen molar-refractivity contribution >= 4 is 74.6 Å². The average Bonchev–Trinajstić information content (AvgIpc) is 3.33. The topological polar surface area (TPSA) is 191 Å². The number of hydrogen-bond acceptors (Lipinski definition) is 13. The second kappa shape index (κ2) is 29.2. The molecular weight excluding hydrogens is 968 g/mol. The first kappa shape index (κ1) is 54.0. The van der Waals surface area contributed by atoms with Crippen LogP contribution in [0, 0.1) is 11.3 Å². The summed E-state index contributed by atoms with van der Waals surface area (Å²) in [4.78, 5) is 62.1. The molecule has 0 fully saturated rings. The molecule has 1 aromatic heterocycles. The Hall–Kier alpha value is -5.96. The van der Waals surface area contributed by atoms with Gasteiger partial charge < -0.3 is 39.3 Å². The Bertz CT molecular complexity index is 2410. The molecule has 2 N–H and O–H groups in total. The average molecular weight is 1030 g/mol. The predicted octanol–water partition coefficient (Wildman–Crippen LogP) is 9.80. The van der Waals surface area contributed by atoms with Crippen LogP contribution in [0.5, 0.6) is 5.75 Å². The molecule has 69 heavy (non-hydrogen) atoms. The van der Waals surface area contributed by atoms with Crippen LogP contribution in [0.3, 0.4) is 0 Å². The number of oxime groups is 1. The summed E-state index contributed by atoms with van der Waals surface area (Å²) in [5.74, 6) is -0.0243. The standard InChI is InChI=1S/C52H60BrClN6O9/c1-4-8-47(59-52(64)40(34-55)32-43-9-5-12-51(53)58-43)38-13-20-45(21-14-38)68-26-23-56-69-35-44(62)10-6-24-65-27-29-67-30-28-66-25-7-11-50(63)39-15-22-49-46(33-39)48(31-36(2)60(49)37(3)61)57-42-18-16-41(54)17-19-42/h5,9,12-23,32-33,36,47-48,57H,4,6-8,10-11,24-31,35H2,1-3H3,(H,59,64)/b40-32+,56-23?/t36-,47?,48+/m0/s1. The molecule has 0 radical (unpaired) electrons. The van der Waals surface area contributed by atoms with Crippen LogP contribution in [-0.2, 0) is 33.4 Å². The highest BCUT2D eigenvalue weighted by molar-refractivity contribution is 9.10. The SMILES string of the molecule is CCCC(NC(=O)/C(C#N)=C/c1cccc(Br)n1)c1ccc(OCC=NOCC(=O)CCCOCCOCCOCCCC(=O)c2ccc3c(c2)[C@H](Nc2ccc(Cl)cc2)C[C@H](C)N3C(C)=O)cc1. The molecule has 4 aromatic rings. The number of halogens is 2. The number of pyridine rings is 1. The van der Waals surface area contributed by atoms with Gasteiger partial charge in [0.25, 0.3) is 5.91 Å². The number of rotatable bonds is 29. The van der Waals surface area contributed by atoms with Gasteiger partial charge >= 0.3 is 0 Å². The second-order valence-electron chi connectivity index (χ2n) is 16.3. The number of amides is 2. The predicted molar refractivity (Wildman–Crippen MR) is 269 cm³/mol. The van der Waals surface area contributed by atoms with Gasteiger partial charge in [0, 0.05) is 61.0 Å². The van der Waals surface area contributed by atoms with Gasteiger partial charge in [-0.1, -0.05) is 48.3 Å². The third kappa shape index (κ3) is 18.1. The van der Waals surface area contributed by atoms with E-state index in [2.05, 4.69) is 36.7 Å². The molecule has 2 heterocycles. The number of carbonyl (C=O) groups is 4. The zero-order valence-corrected chi connectivity index (χ0v) is 41.6. The van der Waals surface area contributed by atoms with Crippen LogP contribution in [0.1, 0.15) is 105 Å². The van der Waals surface area contributed by atoms with Crippen molar-refractivity contribution in [3.63, 3.8) is 0 Å². The van der Waals surface area contributed by atoms with Crippen molar-refractivity contribution in [3.8, 4) is 11.8 Å². The van der Waals surface area contributed by atoms with Gasteiger partial charge in [0.15, 0.2) is 18.2 Å². The number of benzene rings is 3. The van der Waals surface area contributed by atoms with Crippen LogP contribution in [-0.4, -0.2) is 93.5 Å². The maximum Gasteiger partial charge on any atom is 0.262 e. The summed E-state index contributed by atoms with van der Waals surface area (Å²) in [5.41, 5.74) is 4.55. The zero-order valence-electron chi connectivity index (χ0n) is 39.3. The maximum absolute atomic E-state index is 13.2. The van der Waals surface area contributed by atoms with Crippen LogP contribution >= 0.6 is 27.5 Å². The van der Waals surface area contributed by atoms with Crippen LogP contribution in [0.4, 0.5) is 11.4 Å². The van der Waals surface area contributed by atoms with Crippen LogP contribution < -0.4 is 20.3 Å². The molecule has 1 aliphatic heterocycles. The Morgan fingerprint density at radius 2 is 1.64 bits per heavy atom. The molecular formula is C52H60BrClN6O9. The summed E-state index contributed by atoms with van der Waals surface area (Å²) in [6.45, 7) is 7.95. The van der Waals surface area contributed by atoms with Gasteiger partial charge in [-0.2, -0.15) is 5.26 Å². The summed E-state index contributed by atoms with van der Waals surface area (Å²) in [7, 11) is 0. The highest BCUT2D eigenvalue weighted by Crippen LogP contribution is 2.40. The van der Waals surface area contributed by atoms with E-state index < -0.39 is 5.91 Å². The quantitative estimate of drug-likeness (QED) is 0.00997. The van der Waals surface area contributed by atoms with Crippen molar-refractivity contribution in [1.29, 1.82) is 5.26 Å². The monoisotopic (exact) mass is 1030 g/mol. The van der Waals surface area contributed by atoms with Crippen molar-refractivity contribution in [1.82, 2.24) is 10.3 Å². The fourth-order valence-electron chi connectivity index (χ4n) is 7.64. The molecule has 15 nitrogen and oxygen atoms in total. The van der Waals surface area contributed by atoms with Gasteiger partial charge in [0.05, 0.1) is 50.4 Å². The Labute approximate surface area is 417 Å². The first-order valence-corrected chi connectivity index (χ1v) is 24.3. The van der Waals surface area contributed by atoms with E-state index in [0.29, 0.717) is 98.4 Å². The normalized spacial score (nSPS) is 15.0. The number of aromatic nitrogens is 1. The Kier molecular flexibility index (Phi) is 22.8. The fourth-order valence-corrected chi connectivity index (χ4v) is 8.12. The molecule has 0 spiro atoms. The molecule has 366 valence electrons. The molecule has 5 rings (SSSR count). The van der Waals surface area contributed by atoms with Gasteiger partial charge in [0.1, 0.15) is 28.6 Å². The first-order valence-electron chi connectivity index (χ1n) is 23.1. The molecule has 3 atom stereocenters. The molecule has 3 aromatic carbocycles. The number of fused-ring (bicyclic) bond motifs is 1. The van der Waals surface area contributed by atoms with Crippen molar-refractivity contribution in [3.05, 3.63) is 123 Å². The maximum atomic E-state index is 13.2. The lowest BCUT2D eigenvalue weighted by Gasteiger charge is -2.39. The molecule has 0 bridgehead atoms. The number of carbonyl (C=O) groups excluding carboxylic acids is 4. The van der Waals surface area contributed by atoms with Crippen molar-refractivity contribution in [2.24, 2.45) is 5.16 Å². The number of nitrogens with one attached hydrogen (secondary N) is 2. The highest BCUT2D eigenvalue weighted by atomic mass is 79.9. The molecule has 2 amide bonds. The van der Waals surface area contributed by atoms with E-state index in [-0.39, 0.29) is 60.8 Å². The summed E-state index contributed by atoms with van der Waals surface area (Å²) in [6, 6.07) is 27.2. The van der Waals surface area contributed by atoms with Gasteiger partial charge in [0.2, 0.25) is 5.91 Å². The Morgan fingerprint density at radius 1 is 0.942 bits per heavy atom. The van der Waals surface area contributed by atoms with E-state index in [0.717, 1.165) is 28.9 Å². The number of nitriles is 1. The van der Waals surface area contributed by atoms with Crippen LogP contribution in [0.15, 0.2) is 100 Å². The number of anilines is 2. The lowest BCUT2D eigenvalue weighted by atomic mass is 9.89. The summed E-state index contributed by atoms with van der Waals surface area (Å²) in [6.07, 6.45) is 6.78. The van der Waals surface area contributed by atoms with E-state index >= 15 is 0 Å². The smallest absolute Gasteiger partial charge is 0.262 e. The molecule has 17 heteroatoms. The van der Waals surface area contributed by atoms with Crippen molar-refractivity contribution in [2.45, 2.75) is 83.8 Å². The number of ether oxygens (including phenoxy) is 4. The van der Waals surface area contributed by atoms with E-state index in [1.165, 1.54) is 12.3 Å². The number of ketones is 2. The zero-order chi connectivity index (χ0) is 49.4. The van der Waals surface area contributed by atoms with Crippen LogP contribution in [0.25, 0.3) is 6.08 Å². The Morgan fingerprint density at radius 3 is 2.30 bits per heavy atom. The van der Waals surface area contributed by atoms with Crippen LogP contribution in [0.2, 0.25) is 5.02 Å². The summed E-state index contributed by atoms with van der Waals surface area (Å²) in [5, 5.41) is 20.6. The molecule has 1 aliphatic rings. The third-order valence-electron chi connectivity index (χ3n) is 11.0. The lowest BCUT2D eigenvalue weighted by molar-refractivity contribution is -0.124. The minimum Gasteiger partial charge on any atom is -0.488 e. The Balaban J connectivity index is 0.871. The summed E-state index contributed by atoms with van der Waals surface area (Å²) >= 11 is 9.39. The van der Waals surface area contributed by atoms with Gasteiger partial charge in [-0.15, -0.1) is 0 Å². The molecule has 0 saturated heterocycles. The van der Waals surface area contributed by atoms with E-state index in [9.17, 15) is 24.4 Å². The molecule has 0 saturated carbocycles. The largest absolute Gasteiger partial charge is 0.488 e. The minimum atomic E-state index is -0.481. The molecule has 1 unspecified atom stereocenters. The number of hydrogen-bond donors (Lipinski definition) is 2. The van der Waals surface area contributed by atoms with Gasteiger partial charge in [-0.05, 0) is 132 Å². The number of nitrogens with zero attached hydrogens (tertiary/aromatic N) is 4. The highest BCUT2D eigenvalue weighted by Gasteiger charge is 2.33. The number of Topliss-reactive ketones (excluding diaryl/α,β-unsaturated/α-hetero) is 2. The fraction of sp³-hybridized carbons (Fsp3) is 0.404. The third-order valence-corrected chi connectivity index (χ3v) is 11.7. The second-order valence-corrected chi connectivity index (χ2v) is 17.5. The van der Waals surface area contributed by atoms with Crippen molar-refractivity contribution in [2.75, 3.05) is 63.1 Å². The van der Waals surface area contributed by atoms with E-state index in [1.807, 2.05) is 68.4 Å². The minimum absolute atomic E-state index is 0.0128.